The molecule has 0 aliphatic heterocycles. The van der Waals surface area contributed by atoms with Gasteiger partial charge in [-0.05, 0) is 64.8 Å². The molecule has 1 aromatic heterocycles. The molecule has 27 heavy (non-hydrogen) atoms. The van der Waals surface area contributed by atoms with Crippen LogP contribution in [-0.2, 0) is 20.0 Å². The Morgan fingerprint density at radius 2 is 1.52 bits per heavy atom. The van der Waals surface area contributed by atoms with E-state index in [1.165, 1.54) is 24.3 Å². The summed E-state index contributed by atoms with van der Waals surface area (Å²) >= 11 is 0. The summed E-state index contributed by atoms with van der Waals surface area (Å²) in [7, 11) is -7.48. The van der Waals surface area contributed by atoms with Gasteiger partial charge in [-0.2, -0.15) is 5.10 Å². The van der Waals surface area contributed by atoms with Crippen LogP contribution in [0.15, 0.2) is 34.1 Å². The molecule has 0 saturated heterocycles. The van der Waals surface area contributed by atoms with E-state index in [-0.39, 0.29) is 21.9 Å². The molecular formula is C17H24N4O4S2. The van der Waals surface area contributed by atoms with Crippen molar-refractivity contribution in [1.29, 1.82) is 0 Å². The topological polar surface area (TPSA) is 110 Å². The lowest BCUT2D eigenvalue weighted by Gasteiger charge is -2.11. The lowest BCUT2D eigenvalue weighted by Crippen LogP contribution is -2.25. The van der Waals surface area contributed by atoms with Crippen molar-refractivity contribution in [2.24, 2.45) is 0 Å². The highest BCUT2D eigenvalue weighted by Crippen LogP contribution is 2.26. The molecule has 3 rings (SSSR count). The normalized spacial score (nSPS) is 15.3. The van der Waals surface area contributed by atoms with Gasteiger partial charge in [-0.1, -0.05) is 0 Å². The van der Waals surface area contributed by atoms with Crippen molar-refractivity contribution >= 4 is 25.7 Å². The number of hydrogen-bond acceptors (Lipinski definition) is 5. The average molecular weight is 413 g/mol. The molecule has 0 bridgehead atoms. The fraction of sp³-hybridized carbons (Fsp3) is 0.471. The van der Waals surface area contributed by atoms with E-state index < -0.39 is 20.0 Å². The highest BCUT2D eigenvalue weighted by atomic mass is 32.2. The van der Waals surface area contributed by atoms with Crippen LogP contribution in [0.5, 0.6) is 0 Å². The van der Waals surface area contributed by atoms with E-state index in [1.807, 2.05) is 13.8 Å². The van der Waals surface area contributed by atoms with E-state index in [0.717, 1.165) is 18.5 Å². The first-order chi connectivity index (χ1) is 12.5. The van der Waals surface area contributed by atoms with E-state index in [4.69, 9.17) is 0 Å². The molecule has 0 atom stereocenters. The number of nitrogens with zero attached hydrogens (tertiary/aromatic N) is 2. The van der Waals surface area contributed by atoms with Crippen LogP contribution in [0.1, 0.15) is 44.1 Å². The number of rotatable bonds is 7. The van der Waals surface area contributed by atoms with Crippen LogP contribution < -0.4 is 9.44 Å². The number of sulfonamides is 2. The molecule has 10 heteroatoms. The largest absolute Gasteiger partial charge is 0.276 e. The zero-order chi connectivity index (χ0) is 20.0. The summed E-state index contributed by atoms with van der Waals surface area (Å²) < 4.78 is 56.7. The minimum atomic E-state index is -3.86. The number of anilines is 1. The first-order valence-electron chi connectivity index (χ1n) is 8.72. The van der Waals surface area contributed by atoms with Crippen LogP contribution in [0.25, 0.3) is 0 Å². The van der Waals surface area contributed by atoms with Gasteiger partial charge in [-0.25, -0.2) is 21.6 Å². The molecule has 1 heterocycles. The highest BCUT2D eigenvalue weighted by Gasteiger charge is 2.28. The van der Waals surface area contributed by atoms with Gasteiger partial charge >= 0.3 is 0 Å². The van der Waals surface area contributed by atoms with Crippen molar-refractivity contribution in [3.63, 3.8) is 0 Å². The molecule has 1 aliphatic rings. The van der Waals surface area contributed by atoms with Crippen molar-refractivity contribution in [2.45, 2.75) is 62.4 Å². The molecule has 2 N–H and O–H groups in total. The van der Waals surface area contributed by atoms with E-state index >= 15 is 0 Å². The third-order valence-electron chi connectivity index (χ3n) is 4.39. The standard InChI is InChI=1S/C17H24N4O4S2/c1-11(2)21-13(4)17(12(3)18-21)20-27(24,25)16-9-7-15(8-10-16)26(22,23)19-14-5-6-14/h7-11,14,19-20H,5-6H2,1-4H3. The van der Waals surface area contributed by atoms with Crippen molar-refractivity contribution in [2.75, 3.05) is 4.72 Å². The highest BCUT2D eigenvalue weighted by molar-refractivity contribution is 7.92. The summed E-state index contributed by atoms with van der Waals surface area (Å²) in [6.45, 7) is 7.47. The first-order valence-corrected chi connectivity index (χ1v) is 11.7. The summed E-state index contributed by atoms with van der Waals surface area (Å²) in [5.41, 5.74) is 1.74. The average Bonchev–Trinajstić information content (AvgIpc) is 3.35. The summed E-state index contributed by atoms with van der Waals surface area (Å²) in [6, 6.07) is 5.28. The van der Waals surface area contributed by atoms with E-state index in [9.17, 15) is 16.8 Å². The maximum absolute atomic E-state index is 12.7. The number of aryl methyl sites for hydroxylation is 1. The fourth-order valence-corrected chi connectivity index (χ4v) is 5.27. The summed E-state index contributed by atoms with van der Waals surface area (Å²) in [5.74, 6) is 0. The SMILES string of the molecule is Cc1nn(C(C)C)c(C)c1NS(=O)(=O)c1ccc(S(=O)(=O)NC2CC2)cc1. The lowest BCUT2D eigenvalue weighted by atomic mass is 10.3. The Labute approximate surface area is 160 Å². The molecule has 1 aliphatic carbocycles. The van der Waals surface area contributed by atoms with E-state index in [0.29, 0.717) is 11.4 Å². The lowest BCUT2D eigenvalue weighted by molar-refractivity contribution is 0.516. The molecule has 0 spiro atoms. The van der Waals surface area contributed by atoms with Gasteiger partial charge in [0.25, 0.3) is 10.0 Å². The zero-order valence-electron chi connectivity index (χ0n) is 15.7. The molecule has 0 radical (unpaired) electrons. The minimum absolute atomic E-state index is 0.0102. The van der Waals surface area contributed by atoms with Gasteiger partial charge in [0.15, 0.2) is 0 Å². The smallest absolute Gasteiger partial charge is 0.262 e. The Bertz CT molecular complexity index is 1050. The van der Waals surface area contributed by atoms with Gasteiger partial charge in [0.2, 0.25) is 10.0 Å². The monoisotopic (exact) mass is 412 g/mol. The number of nitrogens with one attached hydrogen (secondary N) is 2. The van der Waals surface area contributed by atoms with Gasteiger partial charge in [0.05, 0.1) is 26.9 Å². The van der Waals surface area contributed by atoms with Crippen LogP contribution >= 0.6 is 0 Å². The second-order valence-corrected chi connectivity index (χ2v) is 10.5. The van der Waals surface area contributed by atoms with Gasteiger partial charge in [0.1, 0.15) is 0 Å². The third-order valence-corrected chi connectivity index (χ3v) is 7.30. The fourth-order valence-electron chi connectivity index (χ4n) is 2.79. The quantitative estimate of drug-likeness (QED) is 0.725. The molecule has 0 amide bonds. The van der Waals surface area contributed by atoms with Crippen LogP contribution in [0.3, 0.4) is 0 Å². The van der Waals surface area contributed by atoms with Crippen LogP contribution in [0, 0.1) is 13.8 Å². The minimum Gasteiger partial charge on any atom is -0.276 e. The molecule has 1 aromatic carbocycles. The van der Waals surface area contributed by atoms with Crippen molar-refractivity contribution in [3.05, 3.63) is 35.7 Å². The Kier molecular flexibility index (Phi) is 5.08. The summed E-state index contributed by atoms with van der Waals surface area (Å²) in [4.78, 5) is 0.0392. The maximum Gasteiger partial charge on any atom is 0.262 e. The van der Waals surface area contributed by atoms with Crippen LogP contribution in [0.4, 0.5) is 5.69 Å². The Balaban J connectivity index is 1.85. The Hall–Kier alpha value is -1.91. The maximum atomic E-state index is 12.7. The van der Waals surface area contributed by atoms with Crippen molar-refractivity contribution in [1.82, 2.24) is 14.5 Å². The van der Waals surface area contributed by atoms with E-state index in [1.54, 1.807) is 18.5 Å². The van der Waals surface area contributed by atoms with Gasteiger partial charge < -0.3 is 0 Å². The Morgan fingerprint density at radius 1 is 1.00 bits per heavy atom. The summed E-state index contributed by atoms with van der Waals surface area (Å²) in [5, 5.41) is 4.37. The Morgan fingerprint density at radius 3 is 1.96 bits per heavy atom. The molecule has 1 fully saturated rings. The first kappa shape index (κ1) is 19.8. The second kappa shape index (κ2) is 6.92. The molecule has 148 valence electrons. The number of aromatic nitrogens is 2. The van der Waals surface area contributed by atoms with Crippen molar-refractivity contribution in [3.8, 4) is 0 Å². The van der Waals surface area contributed by atoms with Crippen LogP contribution in [-0.4, -0.2) is 32.7 Å². The number of benzene rings is 1. The predicted octanol–water partition coefficient (Wildman–Crippen LogP) is 2.32. The van der Waals surface area contributed by atoms with E-state index in [2.05, 4.69) is 14.5 Å². The predicted molar refractivity (Wildman–Crippen MR) is 103 cm³/mol. The van der Waals surface area contributed by atoms with Crippen molar-refractivity contribution < 1.29 is 16.8 Å². The van der Waals surface area contributed by atoms with Crippen LogP contribution in [0.2, 0.25) is 0 Å². The van der Waals surface area contributed by atoms with Gasteiger partial charge in [-0.15, -0.1) is 0 Å². The molecule has 1 saturated carbocycles. The molecule has 0 unspecified atom stereocenters. The molecular weight excluding hydrogens is 388 g/mol. The summed E-state index contributed by atoms with van der Waals surface area (Å²) in [6.07, 6.45) is 1.66. The molecule has 8 nitrogen and oxygen atoms in total. The zero-order valence-corrected chi connectivity index (χ0v) is 17.4. The third kappa shape index (κ3) is 4.17. The number of hydrogen-bond donors (Lipinski definition) is 2. The molecule has 2 aromatic rings. The van der Waals surface area contributed by atoms with Gasteiger partial charge in [-0.3, -0.25) is 9.40 Å². The van der Waals surface area contributed by atoms with Gasteiger partial charge in [0, 0.05) is 12.1 Å². The second-order valence-electron chi connectivity index (χ2n) is 7.06.